The number of hydrogen-bond donors (Lipinski definition) is 0. The molecule has 1 fully saturated rings. The summed E-state index contributed by atoms with van der Waals surface area (Å²) in [6, 6.07) is 5.39. The van der Waals surface area contributed by atoms with Crippen LogP contribution in [0.1, 0.15) is 61.7 Å². The molecular weight excluding hydrogens is 264 g/mol. The molecule has 116 valence electrons. The number of methoxy groups -OCH3 is 2. The topological polar surface area (TPSA) is 35.5 Å². The Morgan fingerprint density at radius 3 is 2.57 bits per heavy atom. The Labute approximate surface area is 127 Å². The standard InChI is InChI=1S/C18H26O3/c1-20-15-11-12-16(18(13-15)21-2)17(19)10-6-9-14-7-4-3-5-8-14/h11-14H,3-10H2,1-2H3. The average Bonchev–Trinajstić information content (AvgIpc) is 2.55. The van der Waals surface area contributed by atoms with Gasteiger partial charge in [-0.1, -0.05) is 38.5 Å². The molecule has 3 nitrogen and oxygen atoms in total. The molecule has 0 aromatic heterocycles. The van der Waals surface area contributed by atoms with E-state index in [0.717, 1.165) is 12.3 Å². The second kappa shape index (κ2) is 8.06. The zero-order valence-corrected chi connectivity index (χ0v) is 13.2. The quantitative estimate of drug-likeness (QED) is 0.686. The minimum atomic E-state index is 0.172. The van der Waals surface area contributed by atoms with Crippen LogP contribution in [0.15, 0.2) is 18.2 Å². The van der Waals surface area contributed by atoms with Crippen molar-refractivity contribution in [1.82, 2.24) is 0 Å². The lowest BCUT2D eigenvalue weighted by molar-refractivity contribution is 0.0973. The molecule has 2 rings (SSSR count). The van der Waals surface area contributed by atoms with E-state index >= 15 is 0 Å². The number of rotatable bonds is 7. The van der Waals surface area contributed by atoms with Crippen molar-refractivity contribution in [2.45, 2.75) is 51.4 Å². The average molecular weight is 290 g/mol. The first-order valence-corrected chi connectivity index (χ1v) is 8.00. The van der Waals surface area contributed by atoms with Crippen LogP contribution in [0.2, 0.25) is 0 Å². The third kappa shape index (κ3) is 4.48. The highest BCUT2D eigenvalue weighted by Crippen LogP contribution is 2.29. The third-order valence-corrected chi connectivity index (χ3v) is 4.45. The molecule has 1 aromatic carbocycles. The van der Waals surface area contributed by atoms with Crippen molar-refractivity contribution in [3.63, 3.8) is 0 Å². The molecular formula is C18H26O3. The molecule has 0 N–H and O–H groups in total. The van der Waals surface area contributed by atoms with Gasteiger partial charge in [-0.25, -0.2) is 0 Å². The van der Waals surface area contributed by atoms with Crippen LogP contribution in [0, 0.1) is 5.92 Å². The van der Waals surface area contributed by atoms with Gasteiger partial charge in [-0.3, -0.25) is 4.79 Å². The second-order valence-corrected chi connectivity index (χ2v) is 5.89. The summed E-state index contributed by atoms with van der Waals surface area (Å²) in [5.74, 6) is 2.33. The number of carbonyl (C=O) groups excluding carboxylic acids is 1. The Morgan fingerprint density at radius 2 is 1.90 bits per heavy atom. The van der Waals surface area contributed by atoms with Gasteiger partial charge in [0.15, 0.2) is 5.78 Å². The second-order valence-electron chi connectivity index (χ2n) is 5.89. The summed E-state index contributed by atoms with van der Waals surface area (Å²) in [4.78, 5) is 12.3. The van der Waals surface area contributed by atoms with Crippen LogP contribution in [0.3, 0.4) is 0 Å². The maximum absolute atomic E-state index is 12.3. The van der Waals surface area contributed by atoms with Crippen molar-refractivity contribution < 1.29 is 14.3 Å². The fourth-order valence-electron chi connectivity index (χ4n) is 3.19. The molecule has 0 saturated heterocycles. The van der Waals surface area contributed by atoms with E-state index in [9.17, 15) is 4.79 Å². The zero-order valence-electron chi connectivity index (χ0n) is 13.2. The number of carbonyl (C=O) groups is 1. The first kappa shape index (κ1) is 15.9. The largest absolute Gasteiger partial charge is 0.497 e. The van der Waals surface area contributed by atoms with Crippen molar-refractivity contribution in [2.24, 2.45) is 5.92 Å². The van der Waals surface area contributed by atoms with E-state index in [2.05, 4.69) is 0 Å². The predicted octanol–water partition coefficient (Wildman–Crippen LogP) is 4.64. The van der Waals surface area contributed by atoms with Crippen molar-refractivity contribution in [2.75, 3.05) is 14.2 Å². The van der Waals surface area contributed by atoms with Crippen molar-refractivity contribution in [3.05, 3.63) is 23.8 Å². The van der Waals surface area contributed by atoms with E-state index in [1.807, 2.05) is 6.07 Å². The minimum Gasteiger partial charge on any atom is -0.497 e. The lowest BCUT2D eigenvalue weighted by Crippen LogP contribution is -2.08. The van der Waals surface area contributed by atoms with Gasteiger partial charge in [0.1, 0.15) is 11.5 Å². The highest BCUT2D eigenvalue weighted by Gasteiger charge is 2.16. The van der Waals surface area contributed by atoms with Crippen LogP contribution in [0.25, 0.3) is 0 Å². The molecule has 0 heterocycles. The first-order valence-electron chi connectivity index (χ1n) is 8.00. The van der Waals surface area contributed by atoms with E-state index in [1.165, 1.54) is 38.5 Å². The Hall–Kier alpha value is -1.51. The molecule has 21 heavy (non-hydrogen) atoms. The summed E-state index contributed by atoms with van der Waals surface area (Å²) in [6.07, 6.45) is 9.59. The first-order chi connectivity index (χ1) is 10.2. The van der Waals surface area contributed by atoms with Gasteiger partial charge < -0.3 is 9.47 Å². The van der Waals surface area contributed by atoms with E-state index < -0.39 is 0 Å². The number of hydrogen-bond acceptors (Lipinski definition) is 3. The van der Waals surface area contributed by atoms with Crippen LogP contribution < -0.4 is 9.47 Å². The molecule has 0 amide bonds. The lowest BCUT2D eigenvalue weighted by Gasteiger charge is -2.21. The van der Waals surface area contributed by atoms with E-state index in [0.29, 0.717) is 23.5 Å². The molecule has 0 atom stereocenters. The van der Waals surface area contributed by atoms with Crippen LogP contribution in [0.5, 0.6) is 11.5 Å². The summed E-state index contributed by atoms with van der Waals surface area (Å²) in [5.41, 5.74) is 0.668. The fraction of sp³-hybridized carbons (Fsp3) is 0.611. The zero-order chi connectivity index (χ0) is 15.1. The van der Waals surface area contributed by atoms with Crippen molar-refractivity contribution in [3.8, 4) is 11.5 Å². The summed E-state index contributed by atoms with van der Waals surface area (Å²) in [5, 5.41) is 0. The lowest BCUT2D eigenvalue weighted by atomic mass is 9.85. The Bertz CT molecular complexity index is 462. The highest BCUT2D eigenvalue weighted by molar-refractivity contribution is 5.98. The maximum Gasteiger partial charge on any atom is 0.166 e. The molecule has 0 bridgehead atoms. The predicted molar refractivity (Wildman–Crippen MR) is 84.3 cm³/mol. The van der Waals surface area contributed by atoms with Gasteiger partial charge in [-0.05, 0) is 24.5 Å². The van der Waals surface area contributed by atoms with Crippen LogP contribution in [0.4, 0.5) is 0 Å². The molecule has 0 spiro atoms. The normalized spacial score (nSPS) is 15.7. The molecule has 3 heteroatoms. The molecule has 0 aliphatic heterocycles. The van der Waals surface area contributed by atoms with Crippen LogP contribution in [-0.4, -0.2) is 20.0 Å². The summed E-state index contributed by atoms with van der Waals surface area (Å²) in [6.45, 7) is 0. The Balaban J connectivity index is 1.87. The Kier molecular flexibility index (Phi) is 6.09. The van der Waals surface area contributed by atoms with E-state index in [-0.39, 0.29) is 5.78 Å². The summed E-state index contributed by atoms with van der Waals surface area (Å²) < 4.78 is 10.5. The number of benzene rings is 1. The van der Waals surface area contributed by atoms with Gasteiger partial charge in [-0.2, -0.15) is 0 Å². The molecule has 0 unspecified atom stereocenters. The fourth-order valence-corrected chi connectivity index (χ4v) is 3.19. The van der Waals surface area contributed by atoms with E-state index in [1.54, 1.807) is 26.4 Å². The van der Waals surface area contributed by atoms with E-state index in [4.69, 9.17) is 9.47 Å². The van der Waals surface area contributed by atoms with Crippen LogP contribution in [-0.2, 0) is 0 Å². The summed E-state index contributed by atoms with van der Waals surface area (Å²) in [7, 11) is 3.20. The maximum atomic E-state index is 12.3. The molecule has 0 radical (unpaired) electrons. The van der Waals surface area contributed by atoms with Gasteiger partial charge in [0.2, 0.25) is 0 Å². The smallest absolute Gasteiger partial charge is 0.166 e. The Morgan fingerprint density at radius 1 is 1.14 bits per heavy atom. The van der Waals surface area contributed by atoms with Gasteiger partial charge in [-0.15, -0.1) is 0 Å². The molecule has 1 aromatic rings. The van der Waals surface area contributed by atoms with Crippen molar-refractivity contribution >= 4 is 5.78 Å². The minimum absolute atomic E-state index is 0.172. The number of Topliss-reactive ketones (excluding diaryl/α,β-unsaturated/α-hetero) is 1. The van der Waals surface area contributed by atoms with Crippen LogP contribution >= 0.6 is 0 Å². The highest BCUT2D eigenvalue weighted by atomic mass is 16.5. The van der Waals surface area contributed by atoms with Gasteiger partial charge in [0, 0.05) is 12.5 Å². The van der Waals surface area contributed by atoms with Crippen molar-refractivity contribution in [1.29, 1.82) is 0 Å². The van der Waals surface area contributed by atoms with Gasteiger partial charge >= 0.3 is 0 Å². The number of ether oxygens (including phenoxy) is 2. The SMILES string of the molecule is COc1ccc(C(=O)CCCC2CCCCC2)c(OC)c1. The third-order valence-electron chi connectivity index (χ3n) is 4.45. The van der Waals surface area contributed by atoms with Gasteiger partial charge in [0.05, 0.1) is 19.8 Å². The monoisotopic (exact) mass is 290 g/mol. The summed E-state index contributed by atoms with van der Waals surface area (Å²) >= 11 is 0. The molecule has 1 aliphatic rings. The molecule has 1 aliphatic carbocycles. The number of ketones is 1. The molecule has 1 saturated carbocycles. The van der Waals surface area contributed by atoms with Gasteiger partial charge in [0.25, 0.3) is 0 Å².